The molecule has 0 saturated heterocycles. The smallest absolute Gasteiger partial charge is 0.307 e. The number of hydrogen-bond donors (Lipinski definition) is 1. The first-order valence-electron chi connectivity index (χ1n) is 7.53. The Balaban J connectivity index is 1.71. The van der Waals surface area contributed by atoms with E-state index >= 15 is 0 Å². The number of nitrogens with one attached hydrogen (secondary N) is 1. The lowest BCUT2D eigenvalue weighted by atomic mass is 10.0. The van der Waals surface area contributed by atoms with E-state index in [2.05, 4.69) is 10.5 Å². The van der Waals surface area contributed by atoms with Crippen LogP contribution in [0.25, 0.3) is 11.0 Å². The van der Waals surface area contributed by atoms with E-state index in [-0.39, 0.29) is 11.8 Å². The predicted octanol–water partition coefficient (Wildman–Crippen LogP) is 4.26. The van der Waals surface area contributed by atoms with Crippen LogP contribution in [-0.2, 0) is 0 Å². The van der Waals surface area contributed by atoms with E-state index in [1.54, 1.807) is 6.21 Å². The summed E-state index contributed by atoms with van der Waals surface area (Å²) >= 11 is 0. The molecule has 0 fully saturated rings. The molecule has 0 bridgehead atoms. The number of nitrogens with zero attached hydrogens (tertiary/aromatic N) is 1. The summed E-state index contributed by atoms with van der Waals surface area (Å²) in [6, 6.07) is 17.6. The van der Waals surface area contributed by atoms with Crippen LogP contribution in [0.4, 0.5) is 0 Å². The average molecular weight is 306 g/mol. The van der Waals surface area contributed by atoms with Crippen LogP contribution in [0.5, 0.6) is 0 Å². The first-order valence-corrected chi connectivity index (χ1v) is 7.53. The van der Waals surface area contributed by atoms with E-state index in [1.807, 2.05) is 68.4 Å². The number of carbonyl (C=O) groups excluding carboxylic acids is 1. The van der Waals surface area contributed by atoms with E-state index in [4.69, 9.17) is 4.42 Å². The zero-order valence-corrected chi connectivity index (χ0v) is 13.1. The molecule has 0 aliphatic rings. The minimum Gasteiger partial charge on any atom is -0.451 e. The van der Waals surface area contributed by atoms with Crippen molar-refractivity contribution in [2.45, 2.75) is 19.8 Å². The lowest BCUT2D eigenvalue weighted by molar-refractivity contribution is 0.0928. The second kappa shape index (κ2) is 6.48. The van der Waals surface area contributed by atoms with Gasteiger partial charge in [0.05, 0.1) is 0 Å². The normalized spacial score (nSPS) is 12.6. The van der Waals surface area contributed by atoms with Crippen LogP contribution >= 0.6 is 0 Å². The van der Waals surface area contributed by atoms with Crippen LogP contribution in [0, 0.1) is 6.92 Å². The van der Waals surface area contributed by atoms with E-state index in [0.29, 0.717) is 11.3 Å². The zero-order valence-electron chi connectivity index (χ0n) is 13.1. The van der Waals surface area contributed by atoms with Crippen LogP contribution in [0.3, 0.4) is 0 Å². The van der Waals surface area contributed by atoms with E-state index in [0.717, 1.165) is 16.5 Å². The van der Waals surface area contributed by atoms with E-state index in [1.165, 1.54) is 0 Å². The lowest BCUT2D eigenvalue weighted by Crippen LogP contribution is -2.18. The molecule has 1 N–H and O–H groups in total. The minimum atomic E-state index is -0.338. The third-order valence-corrected chi connectivity index (χ3v) is 3.84. The molecule has 1 aromatic heterocycles. The number of fused-ring (bicyclic) bond motifs is 1. The summed E-state index contributed by atoms with van der Waals surface area (Å²) in [5.41, 5.74) is 5.21. The maximum atomic E-state index is 12.2. The highest BCUT2D eigenvalue weighted by molar-refractivity contribution is 5.99. The molecule has 0 spiro atoms. The van der Waals surface area contributed by atoms with Crippen molar-refractivity contribution in [3.05, 3.63) is 71.5 Å². The summed E-state index contributed by atoms with van der Waals surface area (Å²) in [6.07, 6.45) is 1.71. The standard InChI is InChI=1S/C19H18N2O2/c1-13(15-8-4-3-5-9-15)12-20-21-19(22)18-14(2)16-10-6-7-11-17(16)23-18/h3-13H,1-2H3,(H,21,22)/b20-12-/t13-/m1/s1. The number of hydrazone groups is 1. The van der Waals surface area contributed by atoms with Crippen LogP contribution in [-0.4, -0.2) is 12.1 Å². The highest BCUT2D eigenvalue weighted by Gasteiger charge is 2.16. The van der Waals surface area contributed by atoms with Crippen molar-refractivity contribution in [1.29, 1.82) is 0 Å². The van der Waals surface area contributed by atoms with Crippen LogP contribution in [0.2, 0.25) is 0 Å². The molecule has 1 heterocycles. The summed E-state index contributed by atoms with van der Waals surface area (Å²) in [6.45, 7) is 3.90. The van der Waals surface area contributed by atoms with Gasteiger partial charge in [-0.2, -0.15) is 5.10 Å². The van der Waals surface area contributed by atoms with Crippen molar-refractivity contribution in [3.8, 4) is 0 Å². The Morgan fingerprint density at radius 2 is 1.83 bits per heavy atom. The van der Waals surface area contributed by atoms with E-state index < -0.39 is 0 Å². The van der Waals surface area contributed by atoms with Crippen molar-refractivity contribution >= 4 is 23.1 Å². The highest BCUT2D eigenvalue weighted by atomic mass is 16.3. The molecule has 4 nitrogen and oxygen atoms in total. The van der Waals surface area contributed by atoms with Crippen LogP contribution in [0.15, 0.2) is 64.1 Å². The molecule has 116 valence electrons. The summed E-state index contributed by atoms with van der Waals surface area (Å²) in [5.74, 6) is 0.0826. The van der Waals surface area contributed by atoms with Crippen molar-refractivity contribution in [1.82, 2.24) is 5.43 Å². The number of carbonyl (C=O) groups is 1. The second-order valence-corrected chi connectivity index (χ2v) is 5.47. The number of rotatable bonds is 4. The Hall–Kier alpha value is -2.88. The lowest BCUT2D eigenvalue weighted by Gasteiger charge is -2.05. The topological polar surface area (TPSA) is 54.6 Å². The first kappa shape index (κ1) is 15.0. The van der Waals surface area contributed by atoms with E-state index in [9.17, 15) is 4.79 Å². The van der Waals surface area contributed by atoms with Gasteiger partial charge >= 0.3 is 5.91 Å². The predicted molar refractivity (Wildman–Crippen MR) is 91.8 cm³/mol. The fourth-order valence-electron chi connectivity index (χ4n) is 2.49. The molecule has 3 aromatic rings. The minimum absolute atomic E-state index is 0.119. The molecule has 2 aromatic carbocycles. The molecular weight excluding hydrogens is 288 g/mol. The van der Waals surface area contributed by atoms with Gasteiger partial charge in [0.1, 0.15) is 5.58 Å². The largest absolute Gasteiger partial charge is 0.451 e. The SMILES string of the molecule is Cc1c(C(=O)N/N=C\[C@@H](C)c2ccccc2)oc2ccccc12. The molecule has 0 aliphatic heterocycles. The Bertz CT molecular complexity index is 850. The molecule has 0 saturated carbocycles. The number of para-hydroxylation sites is 1. The second-order valence-electron chi connectivity index (χ2n) is 5.47. The Morgan fingerprint density at radius 1 is 1.13 bits per heavy atom. The molecule has 0 unspecified atom stereocenters. The summed E-state index contributed by atoms with van der Waals surface area (Å²) in [7, 11) is 0. The Kier molecular flexibility index (Phi) is 4.24. The quantitative estimate of drug-likeness (QED) is 0.578. The molecule has 1 atom stereocenters. The van der Waals surface area contributed by atoms with Gasteiger partial charge in [-0.3, -0.25) is 4.79 Å². The van der Waals surface area contributed by atoms with Crippen molar-refractivity contribution in [2.75, 3.05) is 0 Å². The van der Waals surface area contributed by atoms with Crippen LogP contribution in [0.1, 0.15) is 34.5 Å². The summed E-state index contributed by atoms with van der Waals surface area (Å²) in [5, 5.41) is 4.99. The summed E-state index contributed by atoms with van der Waals surface area (Å²) < 4.78 is 5.62. The Morgan fingerprint density at radius 3 is 2.57 bits per heavy atom. The summed E-state index contributed by atoms with van der Waals surface area (Å²) in [4.78, 5) is 12.2. The van der Waals surface area contributed by atoms with Gasteiger partial charge in [0.25, 0.3) is 0 Å². The Labute approximate surface area is 134 Å². The zero-order chi connectivity index (χ0) is 16.2. The van der Waals surface area contributed by atoms with Crippen molar-refractivity contribution < 1.29 is 9.21 Å². The van der Waals surface area contributed by atoms with Gasteiger partial charge in [0.15, 0.2) is 5.76 Å². The number of hydrogen-bond acceptors (Lipinski definition) is 3. The average Bonchev–Trinajstić information content (AvgIpc) is 2.93. The van der Waals surface area contributed by atoms with Gasteiger partial charge in [-0.25, -0.2) is 5.43 Å². The van der Waals surface area contributed by atoms with Gasteiger partial charge < -0.3 is 4.42 Å². The molecule has 1 amide bonds. The fourth-order valence-corrected chi connectivity index (χ4v) is 2.49. The number of amides is 1. The maximum absolute atomic E-state index is 12.2. The number of furan rings is 1. The van der Waals surface area contributed by atoms with Gasteiger partial charge in [0.2, 0.25) is 0 Å². The van der Waals surface area contributed by atoms with Gasteiger partial charge in [-0.15, -0.1) is 0 Å². The molecule has 3 rings (SSSR count). The van der Waals surface area contributed by atoms with Crippen molar-refractivity contribution in [2.24, 2.45) is 5.10 Å². The number of benzene rings is 2. The third-order valence-electron chi connectivity index (χ3n) is 3.84. The van der Waals surface area contributed by atoms with Crippen molar-refractivity contribution in [3.63, 3.8) is 0 Å². The first-order chi connectivity index (χ1) is 11.2. The molecule has 0 radical (unpaired) electrons. The third kappa shape index (κ3) is 3.16. The monoisotopic (exact) mass is 306 g/mol. The highest BCUT2D eigenvalue weighted by Crippen LogP contribution is 2.24. The van der Waals surface area contributed by atoms with Gasteiger partial charge in [-0.1, -0.05) is 55.5 Å². The number of aryl methyl sites for hydroxylation is 1. The molecule has 23 heavy (non-hydrogen) atoms. The van der Waals surface area contributed by atoms with Gasteiger partial charge in [-0.05, 0) is 18.6 Å². The van der Waals surface area contributed by atoms with Gasteiger partial charge in [0, 0.05) is 23.1 Å². The fraction of sp³-hybridized carbons (Fsp3) is 0.158. The molecular formula is C19H18N2O2. The van der Waals surface area contributed by atoms with Crippen LogP contribution < -0.4 is 5.43 Å². The molecule has 0 aliphatic carbocycles. The molecule has 4 heteroatoms. The maximum Gasteiger partial charge on any atom is 0.307 e.